The van der Waals surface area contributed by atoms with Crippen LogP contribution in [0.5, 0.6) is 0 Å². The zero-order valence-corrected chi connectivity index (χ0v) is 11.5. The second kappa shape index (κ2) is 5.27. The summed E-state index contributed by atoms with van der Waals surface area (Å²) in [6.07, 6.45) is 5.84. The Morgan fingerprint density at radius 2 is 1.85 bits per heavy atom. The van der Waals surface area contributed by atoms with Crippen molar-refractivity contribution in [3.63, 3.8) is 0 Å². The zero-order valence-electron chi connectivity index (χ0n) is 11.5. The van der Waals surface area contributed by atoms with E-state index in [1.165, 1.54) is 28.9 Å². The third-order valence-electron chi connectivity index (χ3n) is 4.39. The van der Waals surface area contributed by atoms with Crippen molar-refractivity contribution >= 4 is 11.9 Å². The molecule has 1 heterocycles. The van der Waals surface area contributed by atoms with Crippen molar-refractivity contribution in [1.29, 1.82) is 0 Å². The Morgan fingerprint density at radius 3 is 2.60 bits per heavy atom. The molecule has 1 amide bonds. The van der Waals surface area contributed by atoms with Gasteiger partial charge in [0.15, 0.2) is 0 Å². The van der Waals surface area contributed by atoms with Gasteiger partial charge in [0.05, 0.1) is 0 Å². The van der Waals surface area contributed by atoms with Crippen LogP contribution < -0.4 is 0 Å². The molecule has 1 aromatic carbocycles. The Bertz CT molecular complexity index is 553. The first kappa shape index (κ1) is 13.2. The average molecular weight is 273 g/mol. The lowest BCUT2D eigenvalue weighted by Crippen LogP contribution is -2.40. The van der Waals surface area contributed by atoms with Gasteiger partial charge < -0.3 is 10.0 Å². The van der Waals surface area contributed by atoms with Gasteiger partial charge in [0, 0.05) is 12.1 Å². The fourth-order valence-electron chi connectivity index (χ4n) is 3.30. The number of aryl methyl sites for hydroxylation is 2. The van der Waals surface area contributed by atoms with Crippen LogP contribution in [0.1, 0.15) is 47.2 Å². The summed E-state index contributed by atoms with van der Waals surface area (Å²) in [5, 5.41) is 9.18. The standard InChI is InChI=1S/C16H19NO3/c18-15(17-9-3-6-14(17)16(19)20)13-8-7-11-4-1-2-5-12(11)10-13/h7-8,10,14H,1-6,9H2,(H,19,20)/t14-/m1/s1. The summed E-state index contributed by atoms with van der Waals surface area (Å²) >= 11 is 0. The Labute approximate surface area is 118 Å². The number of carbonyl (C=O) groups is 2. The van der Waals surface area contributed by atoms with Gasteiger partial charge in [0.2, 0.25) is 0 Å². The number of rotatable bonds is 2. The van der Waals surface area contributed by atoms with E-state index in [0.717, 1.165) is 19.3 Å². The van der Waals surface area contributed by atoms with Crippen LogP contribution in [0, 0.1) is 0 Å². The second-order valence-electron chi connectivity index (χ2n) is 5.69. The number of carboxylic acid groups (broad SMARTS) is 1. The maximum absolute atomic E-state index is 12.5. The minimum atomic E-state index is -0.895. The molecule has 0 unspecified atom stereocenters. The zero-order chi connectivity index (χ0) is 14.1. The maximum Gasteiger partial charge on any atom is 0.326 e. The van der Waals surface area contributed by atoms with Gasteiger partial charge >= 0.3 is 5.97 Å². The van der Waals surface area contributed by atoms with Gasteiger partial charge in [0.1, 0.15) is 6.04 Å². The van der Waals surface area contributed by atoms with E-state index in [9.17, 15) is 14.7 Å². The number of carbonyl (C=O) groups excluding carboxylic acids is 1. The van der Waals surface area contributed by atoms with Gasteiger partial charge in [-0.25, -0.2) is 4.79 Å². The smallest absolute Gasteiger partial charge is 0.326 e. The van der Waals surface area contributed by atoms with Crippen LogP contribution in [-0.4, -0.2) is 34.5 Å². The third kappa shape index (κ3) is 2.30. The Kier molecular flexibility index (Phi) is 3.47. The summed E-state index contributed by atoms with van der Waals surface area (Å²) in [6, 6.07) is 5.20. The van der Waals surface area contributed by atoms with E-state index < -0.39 is 12.0 Å². The number of fused-ring (bicyclic) bond motifs is 1. The molecule has 0 spiro atoms. The van der Waals surface area contributed by atoms with Crippen molar-refractivity contribution < 1.29 is 14.7 Å². The van der Waals surface area contributed by atoms with E-state index in [0.29, 0.717) is 18.5 Å². The maximum atomic E-state index is 12.5. The lowest BCUT2D eigenvalue weighted by atomic mass is 9.90. The van der Waals surface area contributed by atoms with Crippen LogP contribution in [0.2, 0.25) is 0 Å². The highest BCUT2D eigenvalue weighted by molar-refractivity contribution is 5.97. The molecule has 1 fully saturated rings. The lowest BCUT2D eigenvalue weighted by Gasteiger charge is -2.23. The fraction of sp³-hybridized carbons (Fsp3) is 0.500. The van der Waals surface area contributed by atoms with Crippen molar-refractivity contribution in [3.05, 3.63) is 34.9 Å². The number of benzene rings is 1. The van der Waals surface area contributed by atoms with Crippen molar-refractivity contribution in [2.24, 2.45) is 0 Å². The first-order valence-electron chi connectivity index (χ1n) is 7.32. The molecular formula is C16H19NO3. The number of likely N-dealkylation sites (tertiary alicyclic amines) is 1. The summed E-state index contributed by atoms with van der Waals surface area (Å²) in [4.78, 5) is 25.2. The van der Waals surface area contributed by atoms with Crippen molar-refractivity contribution in [2.45, 2.75) is 44.6 Å². The molecule has 1 saturated heterocycles. The molecule has 20 heavy (non-hydrogen) atoms. The first-order valence-corrected chi connectivity index (χ1v) is 7.32. The molecule has 106 valence electrons. The monoisotopic (exact) mass is 273 g/mol. The average Bonchev–Trinajstić information content (AvgIpc) is 2.95. The van der Waals surface area contributed by atoms with Crippen LogP contribution in [0.15, 0.2) is 18.2 Å². The topological polar surface area (TPSA) is 57.6 Å². The van der Waals surface area contributed by atoms with Crippen LogP contribution in [0.4, 0.5) is 0 Å². The lowest BCUT2D eigenvalue weighted by molar-refractivity contribution is -0.141. The third-order valence-corrected chi connectivity index (χ3v) is 4.39. The highest BCUT2D eigenvalue weighted by Crippen LogP contribution is 2.25. The molecule has 1 aromatic rings. The molecular weight excluding hydrogens is 254 g/mol. The number of carboxylic acids is 1. The van der Waals surface area contributed by atoms with E-state index in [1.807, 2.05) is 18.2 Å². The van der Waals surface area contributed by atoms with Gasteiger partial charge in [-0.1, -0.05) is 6.07 Å². The summed E-state index contributed by atoms with van der Waals surface area (Å²) in [6.45, 7) is 0.548. The Morgan fingerprint density at radius 1 is 1.10 bits per heavy atom. The fourth-order valence-corrected chi connectivity index (χ4v) is 3.30. The second-order valence-corrected chi connectivity index (χ2v) is 5.69. The minimum absolute atomic E-state index is 0.136. The van der Waals surface area contributed by atoms with E-state index in [1.54, 1.807) is 0 Å². The molecule has 3 rings (SSSR count). The van der Waals surface area contributed by atoms with Crippen molar-refractivity contribution in [1.82, 2.24) is 4.90 Å². The van der Waals surface area contributed by atoms with E-state index in [-0.39, 0.29) is 5.91 Å². The van der Waals surface area contributed by atoms with Crippen molar-refractivity contribution in [2.75, 3.05) is 6.54 Å². The summed E-state index contributed by atoms with van der Waals surface area (Å²) < 4.78 is 0. The highest BCUT2D eigenvalue weighted by atomic mass is 16.4. The predicted molar refractivity (Wildman–Crippen MR) is 74.8 cm³/mol. The highest BCUT2D eigenvalue weighted by Gasteiger charge is 2.34. The number of amides is 1. The van der Waals surface area contributed by atoms with Gasteiger partial charge in [-0.3, -0.25) is 4.79 Å². The van der Waals surface area contributed by atoms with Crippen LogP contribution >= 0.6 is 0 Å². The SMILES string of the molecule is O=C(O)[C@H]1CCCN1C(=O)c1ccc2c(c1)CCCC2. The van der Waals surface area contributed by atoms with Crippen LogP contribution in [0.3, 0.4) is 0 Å². The molecule has 0 radical (unpaired) electrons. The predicted octanol–water partition coefficient (Wildman–Crippen LogP) is 2.25. The molecule has 0 bridgehead atoms. The molecule has 2 aliphatic rings. The van der Waals surface area contributed by atoms with Crippen LogP contribution in [0.25, 0.3) is 0 Å². The first-order chi connectivity index (χ1) is 9.66. The molecule has 1 aliphatic heterocycles. The quantitative estimate of drug-likeness (QED) is 0.899. The molecule has 1 atom stereocenters. The molecule has 0 saturated carbocycles. The summed E-state index contributed by atoms with van der Waals surface area (Å²) in [5.41, 5.74) is 3.23. The van der Waals surface area contributed by atoms with E-state index >= 15 is 0 Å². The number of nitrogens with zero attached hydrogens (tertiary/aromatic N) is 1. The number of hydrogen-bond acceptors (Lipinski definition) is 2. The van der Waals surface area contributed by atoms with Gasteiger partial charge in [-0.2, -0.15) is 0 Å². The van der Waals surface area contributed by atoms with E-state index in [4.69, 9.17) is 0 Å². The minimum Gasteiger partial charge on any atom is -0.480 e. The van der Waals surface area contributed by atoms with Gasteiger partial charge in [0.25, 0.3) is 5.91 Å². The molecule has 1 aliphatic carbocycles. The Hall–Kier alpha value is -1.84. The van der Waals surface area contributed by atoms with Crippen molar-refractivity contribution in [3.8, 4) is 0 Å². The number of hydrogen-bond donors (Lipinski definition) is 1. The van der Waals surface area contributed by atoms with Gasteiger partial charge in [-0.05, 0) is 61.8 Å². The van der Waals surface area contributed by atoms with Gasteiger partial charge in [-0.15, -0.1) is 0 Å². The largest absolute Gasteiger partial charge is 0.480 e. The molecule has 1 N–H and O–H groups in total. The molecule has 0 aromatic heterocycles. The van der Waals surface area contributed by atoms with Crippen LogP contribution in [-0.2, 0) is 17.6 Å². The Balaban J connectivity index is 1.85. The normalized spacial score (nSPS) is 21.6. The molecule has 4 heteroatoms. The number of aliphatic carboxylic acids is 1. The summed E-state index contributed by atoms with van der Waals surface area (Å²) in [7, 11) is 0. The summed E-state index contributed by atoms with van der Waals surface area (Å²) in [5.74, 6) is -1.03. The molecule has 4 nitrogen and oxygen atoms in total. The van der Waals surface area contributed by atoms with E-state index in [2.05, 4.69) is 0 Å².